The molecule has 0 radical (unpaired) electrons. The van der Waals surface area contributed by atoms with Crippen LogP contribution < -0.4 is 10.1 Å². The minimum atomic E-state index is -1.12. The zero-order valence-corrected chi connectivity index (χ0v) is 16.4. The maximum Gasteiger partial charge on any atom is 0.325 e. The van der Waals surface area contributed by atoms with Crippen LogP contribution in [0.15, 0.2) is 53.1 Å². The SMILES string of the molecule is CCc1ccc(-c2noc(CN3C(=O)NC4(CCOc5ccccc54)C3=O)n2)cc1. The van der Waals surface area contributed by atoms with E-state index in [2.05, 4.69) is 22.4 Å². The molecule has 1 N–H and O–H groups in total. The first-order chi connectivity index (χ1) is 14.6. The molecule has 152 valence electrons. The Hall–Kier alpha value is -3.68. The van der Waals surface area contributed by atoms with E-state index in [0.29, 0.717) is 30.2 Å². The minimum Gasteiger partial charge on any atom is -0.493 e. The fourth-order valence-corrected chi connectivity index (χ4v) is 3.98. The van der Waals surface area contributed by atoms with E-state index < -0.39 is 11.6 Å². The lowest BCUT2D eigenvalue weighted by atomic mass is 9.84. The first-order valence-corrected chi connectivity index (χ1v) is 9.89. The Balaban J connectivity index is 1.40. The number of urea groups is 1. The number of amides is 3. The number of aryl methyl sites for hydroxylation is 1. The first-order valence-electron chi connectivity index (χ1n) is 9.89. The molecule has 3 heterocycles. The third-order valence-corrected chi connectivity index (χ3v) is 5.64. The molecular weight excluding hydrogens is 384 g/mol. The van der Waals surface area contributed by atoms with Gasteiger partial charge in [-0.3, -0.25) is 9.69 Å². The second-order valence-corrected chi connectivity index (χ2v) is 7.38. The van der Waals surface area contributed by atoms with Crippen LogP contribution in [0.5, 0.6) is 5.75 Å². The van der Waals surface area contributed by atoms with Crippen LogP contribution in [0.4, 0.5) is 4.79 Å². The molecule has 1 atom stereocenters. The average molecular weight is 404 g/mol. The van der Waals surface area contributed by atoms with Crippen molar-refractivity contribution in [2.24, 2.45) is 0 Å². The molecule has 1 fully saturated rings. The van der Waals surface area contributed by atoms with Crippen LogP contribution in [0.1, 0.15) is 30.4 Å². The van der Waals surface area contributed by atoms with E-state index in [4.69, 9.17) is 9.26 Å². The van der Waals surface area contributed by atoms with Gasteiger partial charge in [0, 0.05) is 17.5 Å². The van der Waals surface area contributed by atoms with Crippen LogP contribution in [0.3, 0.4) is 0 Å². The van der Waals surface area contributed by atoms with Crippen LogP contribution in [-0.2, 0) is 23.3 Å². The van der Waals surface area contributed by atoms with Gasteiger partial charge in [-0.2, -0.15) is 4.98 Å². The van der Waals surface area contributed by atoms with Gasteiger partial charge in [-0.1, -0.05) is 54.5 Å². The summed E-state index contributed by atoms with van der Waals surface area (Å²) in [5, 5.41) is 6.86. The molecule has 5 rings (SSSR count). The minimum absolute atomic E-state index is 0.0878. The summed E-state index contributed by atoms with van der Waals surface area (Å²) in [5.41, 5.74) is 1.57. The summed E-state index contributed by atoms with van der Waals surface area (Å²) in [7, 11) is 0. The number of carbonyl (C=O) groups is 2. The van der Waals surface area contributed by atoms with E-state index >= 15 is 0 Å². The van der Waals surface area contributed by atoms with Crippen LogP contribution in [0.2, 0.25) is 0 Å². The molecule has 3 aromatic rings. The quantitative estimate of drug-likeness (QED) is 0.672. The Morgan fingerprint density at radius 3 is 2.73 bits per heavy atom. The molecule has 0 aliphatic carbocycles. The highest BCUT2D eigenvalue weighted by Crippen LogP contribution is 2.41. The predicted octanol–water partition coefficient (Wildman–Crippen LogP) is 3.03. The number of aromatic nitrogens is 2. The first kappa shape index (κ1) is 18.4. The molecule has 1 aromatic heterocycles. The Morgan fingerprint density at radius 1 is 1.13 bits per heavy atom. The van der Waals surface area contributed by atoms with Gasteiger partial charge in [-0.15, -0.1) is 0 Å². The molecule has 30 heavy (non-hydrogen) atoms. The fraction of sp³-hybridized carbons (Fsp3) is 0.273. The largest absolute Gasteiger partial charge is 0.493 e. The molecule has 8 nitrogen and oxygen atoms in total. The lowest BCUT2D eigenvalue weighted by Gasteiger charge is -2.33. The molecule has 2 aromatic carbocycles. The van der Waals surface area contributed by atoms with Crippen molar-refractivity contribution in [2.45, 2.75) is 31.8 Å². The van der Waals surface area contributed by atoms with Crippen molar-refractivity contribution in [3.05, 3.63) is 65.5 Å². The summed E-state index contributed by atoms with van der Waals surface area (Å²) in [6.07, 6.45) is 1.31. The second-order valence-electron chi connectivity index (χ2n) is 7.38. The average Bonchev–Trinajstić information content (AvgIpc) is 3.34. The summed E-state index contributed by atoms with van der Waals surface area (Å²) < 4.78 is 11.0. The van der Waals surface area contributed by atoms with E-state index in [9.17, 15) is 9.59 Å². The van der Waals surface area contributed by atoms with Crippen molar-refractivity contribution in [3.63, 3.8) is 0 Å². The number of carbonyl (C=O) groups excluding carboxylic acids is 2. The van der Waals surface area contributed by atoms with Gasteiger partial charge in [0.1, 0.15) is 12.3 Å². The highest BCUT2D eigenvalue weighted by Gasteiger charge is 2.55. The molecule has 1 spiro atoms. The molecule has 0 saturated carbocycles. The van der Waals surface area contributed by atoms with E-state index in [1.54, 1.807) is 12.1 Å². The number of nitrogens with one attached hydrogen (secondary N) is 1. The predicted molar refractivity (Wildman–Crippen MR) is 106 cm³/mol. The van der Waals surface area contributed by atoms with Crippen molar-refractivity contribution in [1.82, 2.24) is 20.4 Å². The van der Waals surface area contributed by atoms with Gasteiger partial charge < -0.3 is 14.6 Å². The van der Waals surface area contributed by atoms with Gasteiger partial charge in [0.2, 0.25) is 11.7 Å². The number of ether oxygens (including phenoxy) is 1. The molecule has 3 amide bonds. The normalized spacial score (nSPS) is 20.2. The van der Waals surface area contributed by atoms with E-state index in [0.717, 1.165) is 16.9 Å². The summed E-state index contributed by atoms with van der Waals surface area (Å²) in [6.45, 7) is 2.34. The third kappa shape index (κ3) is 2.83. The van der Waals surface area contributed by atoms with Gasteiger partial charge in [0.05, 0.1) is 6.61 Å². The lowest BCUT2D eigenvalue weighted by Crippen LogP contribution is -2.47. The molecule has 1 saturated heterocycles. The number of fused-ring (bicyclic) bond motifs is 2. The summed E-state index contributed by atoms with van der Waals surface area (Å²) >= 11 is 0. The molecule has 2 aliphatic heterocycles. The number of rotatable bonds is 4. The summed E-state index contributed by atoms with van der Waals surface area (Å²) in [4.78, 5) is 31.5. The van der Waals surface area contributed by atoms with Gasteiger partial charge in [-0.05, 0) is 18.1 Å². The Morgan fingerprint density at radius 2 is 1.93 bits per heavy atom. The van der Waals surface area contributed by atoms with Crippen LogP contribution in [0, 0.1) is 0 Å². The molecule has 8 heteroatoms. The molecule has 2 aliphatic rings. The molecular formula is C22H20N4O4. The van der Waals surface area contributed by atoms with Gasteiger partial charge in [-0.25, -0.2) is 4.79 Å². The topological polar surface area (TPSA) is 97.6 Å². The Kier molecular flexibility index (Phi) is 4.27. The van der Waals surface area contributed by atoms with Crippen molar-refractivity contribution in [1.29, 1.82) is 0 Å². The van der Waals surface area contributed by atoms with Crippen molar-refractivity contribution >= 4 is 11.9 Å². The highest BCUT2D eigenvalue weighted by molar-refractivity contribution is 6.07. The zero-order valence-electron chi connectivity index (χ0n) is 16.4. The highest BCUT2D eigenvalue weighted by atomic mass is 16.5. The maximum atomic E-state index is 13.3. The second kappa shape index (κ2) is 6.98. The maximum absolute atomic E-state index is 13.3. The van der Waals surface area contributed by atoms with Gasteiger partial charge >= 0.3 is 6.03 Å². The van der Waals surface area contributed by atoms with Crippen molar-refractivity contribution in [2.75, 3.05) is 6.61 Å². The number of hydrogen-bond acceptors (Lipinski definition) is 6. The summed E-state index contributed by atoms with van der Waals surface area (Å²) in [6, 6.07) is 14.7. The Bertz CT molecular complexity index is 1120. The number of nitrogens with zero attached hydrogens (tertiary/aromatic N) is 3. The number of benzene rings is 2. The monoisotopic (exact) mass is 404 g/mol. The molecule has 0 bridgehead atoms. The van der Waals surface area contributed by atoms with E-state index in [1.807, 2.05) is 36.4 Å². The van der Waals surface area contributed by atoms with Crippen LogP contribution >= 0.6 is 0 Å². The Labute approximate surface area is 172 Å². The number of hydrogen-bond donors (Lipinski definition) is 1. The van der Waals surface area contributed by atoms with Crippen LogP contribution in [-0.4, -0.2) is 33.6 Å². The van der Waals surface area contributed by atoms with E-state index in [-0.39, 0.29) is 18.3 Å². The zero-order chi connectivity index (χ0) is 20.7. The standard InChI is InChI=1S/C22H20N4O4/c1-2-14-7-9-15(10-8-14)19-23-18(30-25-19)13-26-20(27)22(24-21(26)28)11-12-29-17-6-4-3-5-16(17)22/h3-10H,2,11-13H2,1H3,(H,24,28). The third-order valence-electron chi connectivity index (χ3n) is 5.64. The van der Waals surface area contributed by atoms with Gasteiger partial charge in [0.25, 0.3) is 5.91 Å². The van der Waals surface area contributed by atoms with Gasteiger partial charge in [0.15, 0.2) is 5.54 Å². The van der Waals surface area contributed by atoms with E-state index in [1.165, 1.54) is 5.56 Å². The number of para-hydroxylation sites is 1. The smallest absolute Gasteiger partial charge is 0.325 e. The summed E-state index contributed by atoms with van der Waals surface area (Å²) in [5.74, 6) is 0.890. The molecule has 1 unspecified atom stereocenters. The van der Waals surface area contributed by atoms with Crippen molar-refractivity contribution < 1.29 is 18.8 Å². The number of imide groups is 1. The van der Waals surface area contributed by atoms with Crippen molar-refractivity contribution in [3.8, 4) is 17.1 Å². The lowest BCUT2D eigenvalue weighted by molar-refractivity contribution is -0.133. The fourth-order valence-electron chi connectivity index (χ4n) is 3.98. The van der Waals surface area contributed by atoms with Crippen LogP contribution in [0.25, 0.3) is 11.4 Å².